The Morgan fingerprint density at radius 2 is 2.08 bits per heavy atom. The van der Waals surface area contributed by atoms with Gasteiger partial charge in [0.1, 0.15) is 11.8 Å². The number of halogens is 1. The van der Waals surface area contributed by atoms with Gasteiger partial charge in [0.05, 0.1) is 18.4 Å². The number of nitrogens with two attached hydrogens (primary N) is 1. The molecule has 24 heavy (non-hydrogen) atoms. The largest absolute Gasteiger partial charge is 0.348 e. The lowest BCUT2D eigenvalue weighted by Gasteiger charge is -2.18. The van der Waals surface area contributed by atoms with Crippen molar-refractivity contribution < 1.29 is 4.52 Å². The van der Waals surface area contributed by atoms with E-state index < -0.39 is 5.54 Å². The van der Waals surface area contributed by atoms with Gasteiger partial charge in [-0.3, -0.25) is 0 Å². The first-order chi connectivity index (χ1) is 11.2. The van der Waals surface area contributed by atoms with Gasteiger partial charge in [-0.1, -0.05) is 18.0 Å². The van der Waals surface area contributed by atoms with Crippen LogP contribution in [0.15, 0.2) is 17.2 Å². The summed E-state index contributed by atoms with van der Waals surface area (Å²) in [6.45, 7) is 0.439. The lowest BCUT2D eigenvalue weighted by molar-refractivity contribution is 0.348. The quantitative estimate of drug-likeness (QED) is 0.726. The Bertz CT molecular complexity index is 825. The third kappa shape index (κ3) is 2.80. The molecule has 10 heteroatoms. The first kappa shape index (κ1) is 16.6. The van der Waals surface area contributed by atoms with E-state index in [4.69, 9.17) is 10.3 Å². The fraction of sp³-hybridized carbons (Fsp3) is 0.500. The van der Waals surface area contributed by atoms with E-state index in [1.165, 1.54) is 6.33 Å². The van der Waals surface area contributed by atoms with Crippen LogP contribution in [0.5, 0.6) is 0 Å². The molecule has 9 nitrogen and oxygen atoms in total. The Balaban J connectivity index is 0.00000169. The number of hydrogen-bond donors (Lipinski definition) is 2. The van der Waals surface area contributed by atoms with E-state index in [1.807, 2.05) is 11.9 Å². The molecule has 3 aromatic heterocycles. The van der Waals surface area contributed by atoms with Crippen molar-refractivity contribution in [2.75, 3.05) is 11.9 Å². The Morgan fingerprint density at radius 1 is 1.29 bits per heavy atom. The molecule has 0 aromatic carbocycles. The Labute approximate surface area is 144 Å². The maximum atomic E-state index is 6.36. The molecule has 0 spiro atoms. The first-order valence-electron chi connectivity index (χ1n) is 7.63. The summed E-state index contributed by atoms with van der Waals surface area (Å²) >= 11 is 0. The van der Waals surface area contributed by atoms with Gasteiger partial charge in [0.2, 0.25) is 5.89 Å². The number of anilines is 1. The number of fused-ring (bicyclic) bond motifs is 1. The molecule has 1 fully saturated rings. The predicted molar refractivity (Wildman–Crippen MR) is 89.7 cm³/mol. The van der Waals surface area contributed by atoms with Crippen molar-refractivity contribution in [2.24, 2.45) is 5.73 Å². The van der Waals surface area contributed by atoms with Gasteiger partial charge in [-0.25, -0.2) is 15.0 Å². The number of aromatic nitrogens is 6. The van der Waals surface area contributed by atoms with Crippen molar-refractivity contribution in [1.29, 1.82) is 0 Å². The summed E-state index contributed by atoms with van der Waals surface area (Å²) in [6, 6.07) is 0. The van der Waals surface area contributed by atoms with Crippen LogP contribution >= 0.6 is 12.4 Å². The van der Waals surface area contributed by atoms with Crippen molar-refractivity contribution in [3.63, 3.8) is 0 Å². The smallest absolute Gasteiger partial charge is 0.246 e. The van der Waals surface area contributed by atoms with Crippen molar-refractivity contribution >= 4 is 29.4 Å². The van der Waals surface area contributed by atoms with Gasteiger partial charge in [0.25, 0.3) is 0 Å². The zero-order chi connectivity index (χ0) is 15.9. The van der Waals surface area contributed by atoms with Crippen LogP contribution in [0.2, 0.25) is 0 Å². The molecule has 1 saturated carbocycles. The second-order valence-corrected chi connectivity index (χ2v) is 6.03. The summed E-state index contributed by atoms with van der Waals surface area (Å²) in [6.07, 6.45) is 7.12. The standard InChI is InChI=1S/C14H18N8O.ClH/c1-22(12-10-11(17-7-16-10)18-8-19-12)6-9-20-13(21-23-9)14(15)4-2-3-5-14;/h7-8H,2-6,15H2,1H3,(H,16,17,18,19);1H. The van der Waals surface area contributed by atoms with E-state index in [0.29, 0.717) is 23.9 Å². The second kappa shape index (κ2) is 6.33. The summed E-state index contributed by atoms with van der Waals surface area (Å²) in [5, 5.41) is 4.08. The molecule has 128 valence electrons. The number of rotatable bonds is 4. The fourth-order valence-electron chi connectivity index (χ4n) is 3.07. The molecular formula is C14H19ClN8O. The van der Waals surface area contributed by atoms with E-state index in [0.717, 1.165) is 37.0 Å². The van der Waals surface area contributed by atoms with Crippen LogP contribution in [-0.4, -0.2) is 37.1 Å². The van der Waals surface area contributed by atoms with Gasteiger partial charge in [0.15, 0.2) is 17.3 Å². The molecule has 0 unspecified atom stereocenters. The molecule has 0 aliphatic heterocycles. The molecule has 3 heterocycles. The second-order valence-electron chi connectivity index (χ2n) is 6.03. The topological polar surface area (TPSA) is 123 Å². The number of nitrogens with one attached hydrogen (secondary N) is 1. The van der Waals surface area contributed by atoms with E-state index in [9.17, 15) is 0 Å². The summed E-state index contributed by atoms with van der Waals surface area (Å²) in [4.78, 5) is 22.0. The van der Waals surface area contributed by atoms with Crippen molar-refractivity contribution in [3.05, 3.63) is 24.4 Å². The number of nitrogens with zero attached hydrogens (tertiary/aromatic N) is 6. The molecule has 3 aromatic rings. The van der Waals surface area contributed by atoms with Crippen LogP contribution in [0.25, 0.3) is 11.2 Å². The molecule has 4 rings (SSSR count). The van der Waals surface area contributed by atoms with Crippen LogP contribution in [0.3, 0.4) is 0 Å². The predicted octanol–water partition coefficient (Wildman–Crippen LogP) is 1.52. The Kier molecular flexibility index (Phi) is 4.37. The summed E-state index contributed by atoms with van der Waals surface area (Å²) in [7, 11) is 1.90. The molecule has 0 radical (unpaired) electrons. The van der Waals surface area contributed by atoms with Crippen LogP contribution in [0, 0.1) is 0 Å². The normalized spacial score (nSPS) is 16.2. The minimum Gasteiger partial charge on any atom is -0.348 e. The maximum absolute atomic E-state index is 6.36. The number of H-pyrrole nitrogens is 1. The van der Waals surface area contributed by atoms with Crippen LogP contribution in [0.1, 0.15) is 37.4 Å². The molecule has 0 amide bonds. The summed E-state index contributed by atoms with van der Waals surface area (Å²) in [5.74, 6) is 1.86. The number of hydrogen-bond acceptors (Lipinski definition) is 8. The molecule has 0 saturated heterocycles. The van der Waals surface area contributed by atoms with E-state index in [2.05, 4.69) is 30.1 Å². The summed E-state index contributed by atoms with van der Waals surface area (Å²) in [5.41, 5.74) is 7.33. The van der Waals surface area contributed by atoms with Gasteiger partial charge < -0.3 is 20.1 Å². The van der Waals surface area contributed by atoms with Gasteiger partial charge in [-0.15, -0.1) is 12.4 Å². The van der Waals surface area contributed by atoms with Crippen LogP contribution < -0.4 is 10.6 Å². The molecule has 0 atom stereocenters. The Morgan fingerprint density at radius 3 is 2.88 bits per heavy atom. The summed E-state index contributed by atoms with van der Waals surface area (Å²) < 4.78 is 5.38. The highest BCUT2D eigenvalue weighted by Gasteiger charge is 2.36. The van der Waals surface area contributed by atoms with Crippen molar-refractivity contribution in [2.45, 2.75) is 37.8 Å². The van der Waals surface area contributed by atoms with E-state index in [1.54, 1.807) is 6.33 Å². The van der Waals surface area contributed by atoms with Crippen molar-refractivity contribution in [3.8, 4) is 0 Å². The third-order valence-corrected chi connectivity index (χ3v) is 4.35. The number of imidazole rings is 1. The van der Waals surface area contributed by atoms with Gasteiger partial charge >= 0.3 is 0 Å². The van der Waals surface area contributed by atoms with E-state index in [-0.39, 0.29) is 12.4 Å². The monoisotopic (exact) mass is 350 g/mol. The number of aromatic amines is 1. The lowest BCUT2D eigenvalue weighted by Crippen LogP contribution is -2.34. The highest BCUT2D eigenvalue weighted by Crippen LogP contribution is 2.34. The molecule has 3 N–H and O–H groups in total. The average molecular weight is 351 g/mol. The zero-order valence-corrected chi connectivity index (χ0v) is 14.1. The van der Waals surface area contributed by atoms with Crippen LogP contribution in [-0.2, 0) is 12.1 Å². The van der Waals surface area contributed by atoms with Gasteiger partial charge in [-0.2, -0.15) is 4.98 Å². The average Bonchev–Trinajstić information content (AvgIpc) is 3.26. The van der Waals surface area contributed by atoms with Crippen molar-refractivity contribution in [1.82, 2.24) is 30.1 Å². The minimum absolute atomic E-state index is 0. The highest BCUT2D eigenvalue weighted by atomic mass is 35.5. The molecule has 1 aliphatic carbocycles. The molecule has 1 aliphatic rings. The minimum atomic E-state index is -0.439. The zero-order valence-electron chi connectivity index (χ0n) is 13.3. The Hall–Kier alpha value is -2.26. The SMILES string of the molecule is CN(Cc1nc(C2(N)CCCC2)no1)c1ncnc2nc[nH]c12.Cl. The van der Waals surface area contributed by atoms with Gasteiger partial charge in [0, 0.05) is 7.05 Å². The third-order valence-electron chi connectivity index (χ3n) is 4.35. The molecule has 0 bridgehead atoms. The maximum Gasteiger partial charge on any atom is 0.246 e. The lowest BCUT2D eigenvalue weighted by atomic mass is 9.99. The van der Waals surface area contributed by atoms with Gasteiger partial charge in [-0.05, 0) is 12.8 Å². The first-order valence-corrected chi connectivity index (χ1v) is 7.63. The van der Waals surface area contributed by atoms with E-state index >= 15 is 0 Å². The molecular weight excluding hydrogens is 332 g/mol. The van der Waals surface area contributed by atoms with Crippen LogP contribution in [0.4, 0.5) is 5.82 Å². The fourth-order valence-corrected chi connectivity index (χ4v) is 3.07. The highest BCUT2D eigenvalue weighted by molar-refractivity contribution is 5.85.